The van der Waals surface area contributed by atoms with Crippen LogP contribution in [0.1, 0.15) is 16.3 Å². The average Bonchev–Trinajstić information content (AvgIpc) is 2.73. The van der Waals surface area contributed by atoms with E-state index in [0.29, 0.717) is 6.54 Å². The first kappa shape index (κ1) is 11.6. The first-order chi connectivity index (χ1) is 7.78. The lowest BCUT2D eigenvalue weighted by Gasteiger charge is -2.02. The molecule has 0 atom stereocenters. The molecule has 1 heterocycles. The summed E-state index contributed by atoms with van der Waals surface area (Å²) in [7, 11) is 0. The van der Waals surface area contributed by atoms with Crippen molar-refractivity contribution in [3.63, 3.8) is 0 Å². The van der Waals surface area contributed by atoms with Gasteiger partial charge in [0, 0.05) is 22.6 Å². The number of hydrogen-bond acceptors (Lipinski definition) is 4. The molecule has 0 aliphatic heterocycles. The van der Waals surface area contributed by atoms with Gasteiger partial charge in [-0.1, -0.05) is 12.1 Å². The van der Waals surface area contributed by atoms with E-state index in [1.165, 1.54) is 10.5 Å². The van der Waals surface area contributed by atoms with E-state index in [0.717, 1.165) is 16.5 Å². The number of thioether (sulfide) groups is 1. The molecule has 2 aromatic rings. The Kier molecular flexibility index (Phi) is 3.98. The third-order valence-corrected chi connectivity index (χ3v) is 4.04. The van der Waals surface area contributed by atoms with Crippen molar-refractivity contribution in [3.8, 4) is 0 Å². The van der Waals surface area contributed by atoms with E-state index in [1.807, 2.05) is 6.92 Å². The molecular weight excluding hydrogens is 236 g/mol. The third-order valence-electron chi connectivity index (χ3n) is 2.19. The Balaban J connectivity index is 1.99. The molecule has 4 heteroatoms. The lowest BCUT2D eigenvalue weighted by Crippen LogP contribution is -1.95. The highest BCUT2D eigenvalue weighted by molar-refractivity contribution is 7.98. The molecule has 0 radical (unpaired) electrons. The highest BCUT2D eigenvalue weighted by Crippen LogP contribution is 2.24. The minimum Gasteiger partial charge on any atom is -0.326 e. The number of rotatable bonds is 4. The number of aryl methyl sites for hydroxylation is 1. The molecular formula is C12H14N2S2. The number of thiazole rings is 1. The van der Waals surface area contributed by atoms with Crippen molar-refractivity contribution in [1.29, 1.82) is 0 Å². The largest absolute Gasteiger partial charge is 0.326 e. The Morgan fingerprint density at radius 1 is 1.44 bits per heavy atom. The second-order valence-electron chi connectivity index (χ2n) is 3.50. The summed E-state index contributed by atoms with van der Waals surface area (Å²) >= 11 is 3.51. The fourth-order valence-electron chi connectivity index (χ4n) is 1.39. The van der Waals surface area contributed by atoms with Gasteiger partial charge in [0.05, 0.1) is 10.7 Å². The van der Waals surface area contributed by atoms with Crippen LogP contribution in [-0.4, -0.2) is 4.98 Å². The highest BCUT2D eigenvalue weighted by Gasteiger charge is 2.00. The SMILES string of the molecule is Cc1nc(CSc2cccc(CN)c2)cs1. The second kappa shape index (κ2) is 5.48. The van der Waals surface area contributed by atoms with Gasteiger partial charge in [0.1, 0.15) is 0 Å². The summed E-state index contributed by atoms with van der Waals surface area (Å²) in [5, 5.41) is 3.25. The molecule has 0 fully saturated rings. The first-order valence-corrected chi connectivity index (χ1v) is 6.97. The summed E-state index contributed by atoms with van der Waals surface area (Å²) < 4.78 is 0. The van der Waals surface area contributed by atoms with Crippen LogP contribution in [-0.2, 0) is 12.3 Å². The van der Waals surface area contributed by atoms with E-state index >= 15 is 0 Å². The second-order valence-corrected chi connectivity index (χ2v) is 5.61. The molecule has 1 aromatic heterocycles. The van der Waals surface area contributed by atoms with Crippen molar-refractivity contribution >= 4 is 23.1 Å². The third kappa shape index (κ3) is 3.07. The zero-order valence-corrected chi connectivity index (χ0v) is 10.8. The monoisotopic (exact) mass is 250 g/mol. The molecule has 2 N–H and O–H groups in total. The number of nitrogens with two attached hydrogens (primary N) is 1. The Morgan fingerprint density at radius 2 is 2.31 bits per heavy atom. The van der Waals surface area contributed by atoms with Crippen molar-refractivity contribution in [2.75, 3.05) is 0 Å². The van der Waals surface area contributed by atoms with E-state index < -0.39 is 0 Å². The van der Waals surface area contributed by atoms with Gasteiger partial charge < -0.3 is 5.73 Å². The van der Waals surface area contributed by atoms with Crippen molar-refractivity contribution < 1.29 is 0 Å². The van der Waals surface area contributed by atoms with Gasteiger partial charge in [0.2, 0.25) is 0 Å². The van der Waals surface area contributed by atoms with Gasteiger partial charge >= 0.3 is 0 Å². The number of nitrogens with zero attached hydrogens (tertiary/aromatic N) is 1. The van der Waals surface area contributed by atoms with Gasteiger partial charge in [-0.2, -0.15) is 0 Å². The maximum absolute atomic E-state index is 5.61. The van der Waals surface area contributed by atoms with Crippen LogP contribution in [0.25, 0.3) is 0 Å². The zero-order valence-electron chi connectivity index (χ0n) is 9.14. The quantitative estimate of drug-likeness (QED) is 0.847. The molecule has 0 saturated heterocycles. The molecule has 2 rings (SSSR count). The van der Waals surface area contributed by atoms with E-state index in [-0.39, 0.29) is 0 Å². The van der Waals surface area contributed by atoms with Crippen LogP contribution in [0, 0.1) is 6.92 Å². The Labute approximate surface area is 104 Å². The maximum atomic E-state index is 5.61. The summed E-state index contributed by atoms with van der Waals surface area (Å²) in [6, 6.07) is 8.36. The van der Waals surface area contributed by atoms with Crippen molar-refractivity contribution in [3.05, 3.63) is 45.9 Å². The number of benzene rings is 1. The summed E-state index contributed by atoms with van der Waals surface area (Å²) in [5.74, 6) is 0.929. The van der Waals surface area contributed by atoms with Crippen LogP contribution >= 0.6 is 23.1 Å². The van der Waals surface area contributed by atoms with Crippen LogP contribution in [0.5, 0.6) is 0 Å². The Morgan fingerprint density at radius 3 is 3.00 bits per heavy atom. The predicted molar refractivity (Wildman–Crippen MR) is 70.7 cm³/mol. The van der Waals surface area contributed by atoms with E-state index in [9.17, 15) is 0 Å². The fraction of sp³-hybridized carbons (Fsp3) is 0.250. The van der Waals surface area contributed by atoms with Crippen LogP contribution in [0.2, 0.25) is 0 Å². The molecule has 84 valence electrons. The molecule has 2 nitrogen and oxygen atoms in total. The number of hydrogen-bond donors (Lipinski definition) is 1. The Hall–Kier alpha value is -0.840. The minimum absolute atomic E-state index is 0.601. The van der Waals surface area contributed by atoms with Gasteiger partial charge in [-0.25, -0.2) is 4.98 Å². The molecule has 0 aliphatic rings. The lowest BCUT2D eigenvalue weighted by molar-refractivity contribution is 1.06. The fourth-order valence-corrected chi connectivity index (χ4v) is 2.98. The van der Waals surface area contributed by atoms with Crippen LogP contribution in [0.4, 0.5) is 0 Å². The molecule has 1 aromatic carbocycles. The molecule has 0 spiro atoms. The molecule has 0 amide bonds. The normalized spacial score (nSPS) is 10.6. The van der Waals surface area contributed by atoms with Gasteiger partial charge in [-0.05, 0) is 24.6 Å². The van der Waals surface area contributed by atoms with Gasteiger partial charge in [0.15, 0.2) is 0 Å². The molecule has 0 unspecified atom stereocenters. The molecule has 0 bridgehead atoms. The van der Waals surface area contributed by atoms with E-state index in [4.69, 9.17) is 5.73 Å². The first-order valence-electron chi connectivity index (χ1n) is 5.11. The highest BCUT2D eigenvalue weighted by atomic mass is 32.2. The summed E-state index contributed by atoms with van der Waals surface area (Å²) in [6.45, 7) is 2.64. The molecule has 0 aliphatic carbocycles. The van der Waals surface area contributed by atoms with Gasteiger partial charge in [-0.15, -0.1) is 23.1 Å². The predicted octanol–water partition coefficient (Wildman–Crippen LogP) is 3.20. The standard InChI is InChI=1S/C12H14N2S2/c1-9-14-11(7-15-9)8-16-12-4-2-3-10(5-12)6-13/h2-5,7H,6,8,13H2,1H3. The van der Waals surface area contributed by atoms with Crippen LogP contribution in [0.3, 0.4) is 0 Å². The summed E-state index contributed by atoms with van der Waals surface area (Å²) in [5.41, 5.74) is 7.95. The van der Waals surface area contributed by atoms with Crippen molar-refractivity contribution in [2.24, 2.45) is 5.73 Å². The zero-order chi connectivity index (χ0) is 11.4. The average molecular weight is 250 g/mol. The molecule has 0 saturated carbocycles. The maximum Gasteiger partial charge on any atom is 0.0897 e. The summed E-state index contributed by atoms with van der Waals surface area (Å²) in [6.07, 6.45) is 0. The van der Waals surface area contributed by atoms with Crippen molar-refractivity contribution in [1.82, 2.24) is 4.98 Å². The molecule has 16 heavy (non-hydrogen) atoms. The number of aromatic nitrogens is 1. The van der Waals surface area contributed by atoms with Gasteiger partial charge in [-0.3, -0.25) is 0 Å². The smallest absolute Gasteiger partial charge is 0.0897 e. The Bertz CT molecular complexity index is 466. The van der Waals surface area contributed by atoms with Crippen molar-refractivity contribution in [2.45, 2.75) is 24.1 Å². The van der Waals surface area contributed by atoms with Gasteiger partial charge in [0.25, 0.3) is 0 Å². The van der Waals surface area contributed by atoms with E-state index in [2.05, 4.69) is 34.6 Å². The summed E-state index contributed by atoms with van der Waals surface area (Å²) in [4.78, 5) is 5.70. The topological polar surface area (TPSA) is 38.9 Å². The van der Waals surface area contributed by atoms with Crippen LogP contribution < -0.4 is 5.73 Å². The minimum atomic E-state index is 0.601. The van der Waals surface area contributed by atoms with E-state index in [1.54, 1.807) is 23.1 Å². The van der Waals surface area contributed by atoms with Crippen LogP contribution in [0.15, 0.2) is 34.5 Å². The lowest BCUT2D eigenvalue weighted by atomic mass is 10.2.